The molecular formula is C16H23Cl2N3O2. The minimum absolute atomic E-state index is 0.130. The van der Waals surface area contributed by atoms with E-state index in [0.717, 1.165) is 0 Å². The maximum absolute atomic E-state index is 12.3. The van der Waals surface area contributed by atoms with Crippen LogP contribution in [-0.2, 0) is 9.59 Å². The normalized spacial score (nSPS) is 12.9. The predicted octanol–water partition coefficient (Wildman–Crippen LogP) is 3.17. The van der Waals surface area contributed by atoms with Gasteiger partial charge in [-0.05, 0) is 52.9 Å². The minimum atomic E-state index is -0.477. The first-order chi connectivity index (χ1) is 10.5. The number of anilines is 1. The van der Waals surface area contributed by atoms with Crippen molar-refractivity contribution in [3.05, 3.63) is 28.2 Å². The number of halogens is 2. The smallest absolute Gasteiger partial charge is 0.241 e. The maximum atomic E-state index is 12.3. The molecule has 1 atom stereocenters. The first-order valence-corrected chi connectivity index (χ1v) is 8.02. The van der Waals surface area contributed by atoms with Crippen molar-refractivity contribution in [1.29, 1.82) is 0 Å². The zero-order chi connectivity index (χ0) is 17.8. The van der Waals surface area contributed by atoms with Gasteiger partial charge in [-0.15, -0.1) is 0 Å². The second kappa shape index (κ2) is 7.99. The number of carbonyl (C=O) groups is 2. The van der Waals surface area contributed by atoms with Crippen molar-refractivity contribution < 1.29 is 9.59 Å². The summed E-state index contributed by atoms with van der Waals surface area (Å²) in [4.78, 5) is 25.9. The molecule has 0 saturated heterocycles. The Morgan fingerprint density at radius 1 is 1.22 bits per heavy atom. The summed E-state index contributed by atoms with van der Waals surface area (Å²) >= 11 is 11.8. The van der Waals surface area contributed by atoms with Gasteiger partial charge in [-0.1, -0.05) is 23.2 Å². The number of nitrogens with zero attached hydrogens (tertiary/aromatic N) is 1. The first kappa shape index (κ1) is 19.7. The van der Waals surface area contributed by atoms with Gasteiger partial charge in [0.1, 0.15) is 0 Å². The molecule has 0 aliphatic rings. The lowest BCUT2D eigenvalue weighted by molar-refractivity contribution is -0.125. The Labute approximate surface area is 147 Å². The molecule has 0 bridgehead atoms. The summed E-state index contributed by atoms with van der Waals surface area (Å²) in [6.07, 6.45) is 0. The fourth-order valence-corrected chi connectivity index (χ4v) is 2.14. The molecule has 0 heterocycles. The zero-order valence-corrected chi connectivity index (χ0v) is 15.5. The van der Waals surface area contributed by atoms with Crippen molar-refractivity contribution in [3.8, 4) is 0 Å². The van der Waals surface area contributed by atoms with E-state index >= 15 is 0 Å². The third kappa shape index (κ3) is 6.77. The maximum Gasteiger partial charge on any atom is 0.241 e. The Morgan fingerprint density at radius 2 is 1.83 bits per heavy atom. The first-order valence-electron chi connectivity index (χ1n) is 7.27. The van der Waals surface area contributed by atoms with E-state index in [4.69, 9.17) is 23.2 Å². The summed E-state index contributed by atoms with van der Waals surface area (Å²) in [5.41, 5.74) is 0.257. The van der Waals surface area contributed by atoms with Gasteiger partial charge in [-0.25, -0.2) is 0 Å². The van der Waals surface area contributed by atoms with Crippen LogP contribution in [0.4, 0.5) is 5.69 Å². The number of benzene rings is 1. The van der Waals surface area contributed by atoms with Crippen LogP contribution in [0, 0.1) is 0 Å². The highest BCUT2D eigenvalue weighted by Gasteiger charge is 2.22. The number of rotatable bonds is 5. The zero-order valence-electron chi connectivity index (χ0n) is 14.0. The lowest BCUT2D eigenvalue weighted by atomic mass is 10.1. The average Bonchev–Trinajstić information content (AvgIpc) is 2.39. The van der Waals surface area contributed by atoms with Crippen LogP contribution >= 0.6 is 23.2 Å². The van der Waals surface area contributed by atoms with Gasteiger partial charge in [0.15, 0.2) is 0 Å². The van der Waals surface area contributed by atoms with Crippen LogP contribution < -0.4 is 10.6 Å². The molecule has 7 heteroatoms. The SMILES string of the molecule is CC(C(=O)Nc1ccc(Cl)c(Cl)c1)N(C)CC(=O)NC(C)(C)C. The molecule has 2 N–H and O–H groups in total. The van der Waals surface area contributed by atoms with Crippen LogP contribution in [0.1, 0.15) is 27.7 Å². The number of nitrogens with one attached hydrogen (secondary N) is 2. The summed E-state index contributed by atoms with van der Waals surface area (Å²) in [6.45, 7) is 7.59. The van der Waals surface area contributed by atoms with Crippen molar-refractivity contribution in [3.63, 3.8) is 0 Å². The third-order valence-corrected chi connectivity index (χ3v) is 3.87. The Bertz CT molecular complexity index is 585. The molecule has 23 heavy (non-hydrogen) atoms. The summed E-state index contributed by atoms with van der Waals surface area (Å²) in [7, 11) is 1.72. The molecule has 0 saturated carbocycles. The Balaban J connectivity index is 2.61. The highest BCUT2D eigenvalue weighted by Crippen LogP contribution is 2.25. The van der Waals surface area contributed by atoms with Crippen molar-refractivity contribution in [1.82, 2.24) is 10.2 Å². The molecule has 128 valence electrons. The highest BCUT2D eigenvalue weighted by atomic mass is 35.5. The molecule has 0 aliphatic carbocycles. The largest absolute Gasteiger partial charge is 0.350 e. The summed E-state index contributed by atoms with van der Waals surface area (Å²) in [6, 6.07) is 4.39. The molecule has 0 fully saturated rings. The van der Waals surface area contributed by atoms with Crippen molar-refractivity contribution in [2.75, 3.05) is 18.9 Å². The summed E-state index contributed by atoms with van der Waals surface area (Å²) in [5.74, 6) is -0.358. The summed E-state index contributed by atoms with van der Waals surface area (Å²) in [5, 5.41) is 6.41. The van der Waals surface area contributed by atoms with E-state index in [0.29, 0.717) is 15.7 Å². The van der Waals surface area contributed by atoms with E-state index in [2.05, 4.69) is 10.6 Å². The number of carbonyl (C=O) groups excluding carboxylic acids is 2. The molecule has 0 spiro atoms. The van der Waals surface area contributed by atoms with E-state index in [1.165, 1.54) is 0 Å². The molecule has 1 unspecified atom stereocenters. The van der Waals surface area contributed by atoms with Crippen LogP contribution in [0.15, 0.2) is 18.2 Å². The molecule has 5 nitrogen and oxygen atoms in total. The lowest BCUT2D eigenvalue weighted by Crippen LogP contribution is -2.49. The molecule has 0 aliphatic heterocycles. The van der Waals surface area contributed by atoms with E-state index in [-0.39, 0.29) is 23.9 Å². The van der Waals surface area contributed by atoms with Gasteiger partial charge in [0.2, 0.25) is 11.8 Å². The number of amides is 2. The van der Waals surface area contributed by atoms with Gasteiger partial charge >= 0.3 is 0 Å². The molecular weight excluding hydrogens is 337 g/mol. The second-order valence-electron chi connectivity index (χ2n) is 6.51. The van der Waals surface area contributed by atoms with Gasteiger partial charge in [0.05, 0.1) is 22.6 Å². The third-order valence-electron chi connectivity index (χ3n) is 3.14. The Hall–Kier alpha value is -1.30. The molecule has 0 radical (unpaired) electrons. The predicted molar refractivity (Wildman–Crippen MR) is 95.1 cm³/mol. The Morgan fingerprint density at radius 3 is 2.35 bits per heavy atom. The number of hydrogen-bond donors (Lipinski definition) is 2. The van der Waals surface area contributed by atoms with Crippen LogP contribution in [0.25, 0.3) is 0 Å². The van der Waals surface area contributed by atoms with Gasteiger partial charge in [-0.3, -0.25) is 14.5 Å². The standard InChI is InChI=1S/C16H23Cl2N3O2/c1-10(21(5)9-14(22)20-16(2,3)4)15(23)19-11-6-7-12(17)13(18)8-11/h6-8,10H,9H2,1-5H3,(H,19,23)(H,20,22). The van der Waals surface area contributed by atoms with E-state index in [1.54, 1.807) is 37.1 Å². The van der Waals surface area contributed by atoms with E-state index in [1.807, 2.05) is 20.8 Å². The molecule has 1 aromatic carbocycles. The molecule has 0 aromatic heterocycles. The van der Waals surface area contributed by atoms with Gasteiger partial charge in [0.25, 0.3) is 0 Å². The van der Waals surface area contributed by atoms with Crippen LogP contribution in [0.5, 0.6) is 0 Å². The van der Waals surface area contributed by atoms with E-state index < -0.39 is 6.04 Å². The van der Waals surface area contributed by atoms with Crippen molar-refractivity contribution in [2.24, 2.45) is 0 Å². The average molecular weight is 360 g/mol. The number of likely N-dealkylation sites (N-methyl/N-ethyl adjacent to an activating group) is 1. The van der Waals surface area contributed by atoms with E-state index in [9.17, 15) is 9.59 Å². The van der Waals surface area contributed by atoms with Crippen LogP contribution in [0.3, 0.4) is 0 Å². The highest BCUT2D eigenvalue weighted by molar-refractivity contribution is 6.42. The quantitative estimate of drug-likeness (QED) is 0.848. The van der Waals surface area contributed by atoms with Crippen molar-refractivity contribution in [2.45, 2.75) is 39.3 Å². The van der Waals surface area contributed by atoms with Crippen molar-refractivity contribution >= 4 is 40.7 Å². The lowest BCUT2D eigenvalue weighted by Gasteiger charge is -2.26. The summed E-state index contributed by atoms with van der Waals surface area (Å²) < 4.78 is 0. The fraction of sp³-hybridized carbons (Fsp3) is 0.500. The van der Waals surface area contributed by atoms with Gasteiger partial charge in [0, 0.05) is 11.2 Å². The monoisotopic (exact) mass is 359 g/mol. The Kier molecular flexibility index (Phi) is 6.86. The topological polar surface area (TPSA) is 61.4 Å². The van der Waals surface area contributed by atoms with Gasteiger partial charge in [-0.2, -0.15) is 0 Å². The minimum Gasteiger partial charge on any atom is -0.350 e. The fourth-order valence-electron chi connectivity index (χ4n) is 1.84. The van der Waals surface area contributed by atoms with Crippen LogP contribution in [0.2, 0.25) is 10.0 Å². The molecule has 2 amide bonds. The molecule has 1 rings (SSSR count). The van der Waals surface area contributed by atoms with Gasteiger partial charge < -0.3 is 10.6 Å². The second-order valence-corrected chi connectivity index (χ2v) is 7.32. The number of hydrogen-bond acceptors (Lipinski definition) is 3. The molecule has 1 aromatic rings. The van der Waals surface area contributed by atoms with Crippen LogP contribution in [-0.4, -0.2) is 41.9 Å².